The van der Waals surface area contributed by atoms with Crippen molar-refractivity contribution in [3.8, 4) is 22.3 Å². The lowest BCUT2D eigenvalue weighted by atomic mass is 9.91. The molecule has 0 radical (unpaired) electrons. The zero-order chi connectivity index (χ0) is 38.2. The number of benzene rings is 9. The molecule has 1 N–H and O–H groups in total. The molecule has 272 valence electrons. The first kappa shape index (κ1) is 32.5. The van der Waals surface area contributed by atoms with Gasteiger partial charge >= 0.3 is 0 Å². The summed E-state index contributed by atoms with van der Waals surface area (Å²) in [6.45, 7) is 0. The summed E-state index contributed by atoms with van der Waals surface area (Å²) >= 11 is 0. The van der Waals surface area contributed by atoms with Gasteiger partial charge in [0.25, 0.3) is 0 Å². The van der Waals surface area contributed by atoms with Gasteiger partial charge in [0.05, 0.1) is 0 Å². The number of aliphatic imine (C=N–C) groups is 2. The van der Waals surface area contributed by atoms with Gasteiger partial charge in [-0.1, -0.05) is 146 Å². The number of rotatable bonds is 5. The molecule has 58 heavy (non-hydrogen) atoms. The fourth-order valence-electron chi connectivity index (χ4n) is 8.71. The summed E-state index contributed by atoms with van der Waals surface area (Å²) in [5.74, 6) is 1.38. The van der Waals surface area contributed by atoms with E-state index in [-0.39, 0.29) is 0 Å². The summed E-state index contributed by atoms with van der Waals surface area (Å²) < 4.78 is 13.1. The summed E-state index contributed by atoms with van der Waals surface area (Å²) in [4.78, 5) is 11.0. The van der Waals surface area contributed by atoms with Gasteiger partial charge in [0.1, 0.15) is 34.3 Å². The SMILES string of the molecule is c1ccc(-c2ccc(C3N=C(c4c(-c5cccc6oc7cc8ccccc8cc7c56)ccc5oc6ccccc6c45)N=C(c4ccc5ccccc5c4)N3)cc2)cc1. The Balaban J connectivity index is 1.13. The maximum Gasteiger partial charge on any atom is 0.160 e. The second kappa shape index (κ2) is 12.9. The first-order valence-corrected chi connectivity index (χ1v) is 19.6. The second-order valence-electron chi connectivity index (χ2n) is 14.9. The van der Waals surface area contributed by atoms with E-state index in [1.807, 2.05) is 18.2 Å². The van der Waals surface area contributed by atoms with Crippen molar-refractivity contribution in [1.82, 2.24) is 5.32 Å². The smallest absolute Gasteiger partial charge is 0.160 e. The van der Waals surface area contributed by atoms with E-state index in [0.717, 1.165) is 99.3 Å². The summed E-state index contributed by atoms with van der Waals surface area (Å²) in [7, 11) is 0. The lowest BCUT2D eigenvalue weighted by molar-refractivity contribution is 0.668. The third-order valence-electron chi connectivity index (χ3n) is 11.5. The van der Waals surface area contributed by atoms with E-state index in [2.05, 4.69) is 175 Å². The largest absolute Gasteiger partial charge is 0.456 e. The van der Waals surface area contributed by atoms with Gasteiger partial charge in [-0.05, 0) is 91.8 Å². The molecule has 2 aromatic heterocycles. The molecule has 3 heterocycles. The fraction of sp³-hybridized carbons (Fsp3) is 0.0189. The Kier molecular flexibility index (Phi) is 7.23. The van der Waals surface area contributed by atoms with E-state index in [1.165, 1.54) is 10.9 Å². The van der Waals surface area contributed by atoms with Crippen molar-refractivity contribution < 1.29 is 8.83 Å². The van der Waals surface area contributed by atoms with Gasteiger partial charge in [-0.2, -0.15) is 0 Å². The molecule has 1 unspecified atom stereocenters. The lowest BCUT2D eigenvalue weighted by Crippen LogP contribution is -2.33. The summed E-state index contributed by atoms with van der Waals surface area (Å²) in [5, 5.41) is 12.5. The van der Waals surface area contributed by atoms with Crippen LogP contribution in [-0.2, 0) is 0 Å². The first-order valence-electron chi connectivity index (χ1n) is 19.6. The molecule has 5 heteroatoms. The molecular formula is C53H33N3O2. The summed E-state index contributed by atoms with van der Waals surface area (Å²) in [5.41, 5.74) is 10.6. The Labute approximate surface area is 333 Å². The number of hydrogen-bond acceptors (Lipinski definition) is 5. The van der Waals surface area contributed by atoms with Crippen LogP contribution in [0.4, 0.5) is 0 Å². The van der Waals surface area contributed by atoms with Crippen LogP contribution in [-0.4, -0.2) is 11.7 Å². The van der Waals surface area contributed by atoms with E-state index in [9.17, 15) is 0 Å². The van der Waals surface area contributed by atoms with Crippen molar-refractivity contribution in [2.24, 2.45) is 9.98 Å². The van der Waals surface area contributed by atoms with Gasteiger partial charge in [-0.15, -0.1) is 0 Å². The molecule has 12 rings (SSSR count). The van der Waals surface area contributed by atoms with Gasteiger partial charge in [0.15, 0.2) is 5.84 Å². The van der Waals surface area contributed by atoms with Crippen molar-refractivity contribution in [1.29, 1.82) is 0 Å². The van der Waals surface area contributed by atoms with Crippen molar-refractivity contribution in [3.05, 3.63) is 205 Å². The molecule has 0 spiro atoms. The van der Waals surface area contributed by atoms with Crippen LogP contribution in [0.5, 0.6) is 0 Å². The fourth-order valence-corrected chi connectivity index (χ4v) is 8.71. The van der Waals surface area contributed by atoms with Crippen LogP contribution in [0.15, 0.2) is 207 Å². The van der Waals surface area contributed by atoms with Crippen molar-refractivity contribution in [2.75, 3.05) is 0 Å². The number of amidine groups is 2. The minimum absolute atomic E-state index is 0.419. The highest BCUT2D eigenvalue weighted by atomic mass is 16.3. The number of para-hydroxylation sites is 1. The molecule has 1 aliphatic rings. The minimum atomic E-state index is -0.419. The van der Waals surface area contributed by atoms with Crippen LogP contribution in [0.25, 0.3) is 87.7 Å². The molecule has 0 amide bonds. The molecule has 0 saturated carbocycles. The Hall–Kier alpha value is -7.76. The highest BCUT2D eigenvalue weighted by molar-refractivity contribution is 6.27. The number of nitrogens with zero attached hydrogens (tertiary/aromatic N) is 2. The van der Waals surface area contributed by atoms with Gasteiger partial charge in [-0.3, -0.25) is 0 Å². The molecule has 1 atom stereocenters. The molecule has 0 bridgehead atoms. The summed E-state index contributed by atoms with van der Waals surface area (Å²) in [6, 6.07) is 65.7. The maximum atomic E-state index is 6.59. The average molecular weight is 744 g/mol. The van der Waals surface area contributed by atoms with Gasteiger partial charge in [0, 0.05) is 32.7 Å². The Morgan fingerprint density at radius 3 is 1.91 bits per heavy atom. The van der Waals surface area contributed by atoms with Crippen LogP contribution in [0.1, 0.15) is 22.9 Å². The third kappa shape index (κ3) is 5.25. The van der Waals surface area contributed by atoms with Gasteiger partial charge in [0.2, 0.25) is 0 Å². The predicted molar refractivity (Wildman–Crippen MR) is 239 cm³/mol. The number of fused-ring (bicyclic) bond motifs is 8. The van der Waals surface area contributed by atoms with Crippen LogP contribution >= 0.6 is 0 Å². The standard InChI is InChI=1S/C53H33N3O2/c1-2-11-32(12-3-1)34-21-24-35(25-22-34)51-54-52(39-26-23-33-13-4-5-14-36(33)29-39)56-53(55-51)50-41(27-28-46-49(50)42-17-8-9-19-44(42)57-46)40-18-10-20-45-48(40)43-30-37-15-6-7-16-38(37)31-47(43)58-45/h1-31,51H,(H,54,55,56). The zero-order valence-electron chi connectivity index (χ0n) is 31.2. The molecular weight excluding hydrogens is 711 g/mol. The normalized spacial score (nSPS) is 14.4. The lowest BCUT2D eigenvalue weighted by Gasteiger charge is -2.25. The quantitative estimate of drug-likeness (QED) is 0.191. The summed E-state index contributed by atoms with van der Waals surface area (Å²) in [6.07, 6.45) is -0.419. The van der Waals surface area contributed by atoms with Crippen molar-refractivity contribution >= 4 is 77.1 Å². The van der Waals surface area contributed by atoms with E-state index in [4.69, 9.17) is 18.8 Å². The van der Waals surface area contributed by atoms with Crippen LogP contribution in [0.2, 0.25) is 0 Å². The molecule has 9 aromatic carbocycles. The molecule has 1 aliphatic heterocycles. The molecule has 0 fully saturated rings. The Bertz CT molecular complexity index is 3480. The highest BCUT2D eigenvalue weighted by Gasteiger charge is 2.27. The Morgan fingerprint density at radius 1 is 0.414 bits per heavy atom. The first-order chi connectivity index (χ1) is 28.7. The average Bonchev–Trinajstić information content (AvgIpc) is 3.86. The second-order valence-corrected chi connectivity index (χ2v) is 14.9. The molecule has 5 nitrogen and oxygen atoms in total. The van der Waals surface area contributed by atoms with Crippen molar-refractivity contribution in [3.63, 3.8) is 0 Å². The van der Waals surface area contributed by atoms with E-state index < -0.39 is 6.17 Å². The minimum Gasteiger partial charge on any atom is -0.456 e. The molecule has 11 aromatic rings. The third-order valence-corrected chi connectivity index (χ3v) is 11.5. The molecule has 0 aliphatic carbocycles. The van der Waals surface area contributed by atoms with Gasteiger partial charge in [-0.25, -0.2) is 9.98 Å². The Morgan fingerprint density at radius 2 is 1.07 bits per heavy atom. The van der Waals surface area contributed by atoms with Crippen LogP contribution in [0, 0.1) is 0 Å². The zero-order valence-corrected chi connectivity index (χ0v) is 31.2. The predicted octanol–water partition coefficient (Wildman–Crippen LogP) is 13.6. The van der Waals surface area contributed by atoms with Crippen LogP contribution < -0.4 is 5.32 Å². The molecule has 0 saturated heterocycles. The number of furan rings is 2. The van der Waals surface area contributed by atoms with E-state index >= 15 is 0 Å². The number of nitrogens with one attached hydrogen (secondary N) is 1. The highest BCUT2D eigenvalue weighted by Crippen LogP contribution is 2.44. The topological polar surface area (TPSA) is 63.0 Å². The van der Waals surface area contributed by atoms with E-state index in [0.29, 0.717) is 5.84 Å². The number of hydrogen-bond donors (Lipinski definition) is 1. The monoisotopic (exact) mass is 743 g/mol. The van der Waals surface area contributed by atoms with Crippen LogP contribution in [0.3, 0.4) is 0 Å². The van der Waals surface area contributed by atoms with Crippen molar-refractivity contribution in [2.45, 2.75) is 6.17 Å². The van der Waals surface area contributed by atoms with E-state index in [1.54, 1.807) is 0 Å². The maximum absolute atomic E-state index is 6.59. The van der Waals surface area contributed by atoms with Gasteiger partial charge < -0.3 is 14.2 Å².